The number of hydrogen-bond acceptors (Lipinski definition) is 2. The van der Waals surface area contributed by atoms with Crippen LogP contribution in [0.1, 0.15) is 17.5 Å². The molecule has 4 heteroatoms. The van der Waals surface area contributed by atoms with Crippen LogP contribution in [0.25, 0.3) is 0 Å². The van der Waals surface area contributed by atoms with E-state index in [1.807, 2.05) is 12.1 Å². The van der Waals surface area contributed by atoms with Crippen LogP contribution in [0, 0.1) is 11.6 Å². The number of rotatable bonds is 3. The van der Waals surface area contributed by atoms with E-state index in [0.29, 0.717) is 6.54 Å². The van der Waals surface area contributed by atoms with Gasteiger partial charge in [0, 0.05) is 18.8 Å². The Balaban J connectivity index is 1.80. The highest BCUT2D eigenvalue weighted by atomic mass is 19.1. The first-order valence-electron chi connectivity index (χ1n) is 6.77. The van der Waals surface area contributed by atoms with E-state index in [9.17, 15) is 8.78 Å². The Kier molecular flexibility index (Phi) is 3.54. The Morgan fingerprint density at radius 2 is 2.05 bits per heavy atom. The Hall–Kier alpha value is -2.10. The zero-order valence-corrected chi connectivity index (χ0v) is 11.0. The summed E-state index contributed by atoms with van der Waals surface area (Å²) in [5.41, 5.74) is 3.68. The lowest BCUT2D eigenvalue weighted by molar-refractivity contribution is 0.602. The molecule has 104 valence electrons. The third-order valence-electron chi connectivity index (χ3n) is 3.56. The van der Waals surface area contributed by atoms with Gasteiger partial charge in [-0.05, 0) is 42.2 Å². The normalized spacial score (nSPS) is 13.5. The Morgan fingerprint density at radius 1 is 1.15 bits per heavy atom. The Bertz CT molecular complexity index is 626. The standard InChI is InChI=1S/C16H16F2N2/c17-13-6-7-14(18)15(9-13)20-10-12-4-1-3-11-5-2-8-19-16(11)12/h1,3-4,6-7,9,19-20H,2,5,8,10H2. The van der Waals surface area contributed by atoms with Gasteiger partial charge in [-0.3, -0.25) is 0 Å². The van der Waals surface area contributed by atoms with Gasteiger partial charge in [-0.15, -0.1) is 0 Å². The van der Waals surface area contributed by atoms with Gasteiger partial charge in [0.15, 0.2) is 0 Å². The van der Waals surface area contributed by atoms with Gasteiger partial charge in [0.05, 0.1) is 5.69 Å². The van der Waals surface area contributed by atoms with Gasteiger partial charge in [0.2, 0.25) is 0 Å². The summed E-state index contributed by atoms with van der Waals surface area (Å²) in [5.74, 6) is -0.883. The third kappa shape index (κ3) is 2.59. The Labute approximate surface area is 116 Å². The number of halogens is 2. The van der Waals surface area contributed by atoms with E-state index in [-0.39, 0.29) is 5.69 Å². The lowest BCUT2D eigenvalue weighted by Crippen LogP contribution is -2.15. The fraction of sp³-hybridized carbons (Fsp3) is 0.250. The molecule has 20 heavy (non-hydrogen) atoms. The first-order valence-corrected chi connectivity index (χ1v) is 6.77. The molecule has 0 bridgehead atoms. The fourth-order valence-electron chi connectivity index (χ4n) is 2.55. The molecule has 1 aliphatic rings. The smallest absolute Gasteiger partial charge is 0.146 e. The van der Waals surface area contributed by atoms with Crippen molar-refractivity contribution in [2.24, 2.45) is 0 Å². The second kappa shape index (κ2) is 5.49. The molecular weight excluding hydrogens is 258 g/mol. The van der Waals surface area contributed by atoms with Crippen molar-refractivity contribution in [1.82, 2.24) is 0 Å². The van der Waals surface area contributed by atoms with Crippen LogP contribution in [-0.4, -0.2) is 6.54 Å². The molecule has 0 radical (unpaired) electrons. The van der Waals surface area contributed by atoms with Crippen LogP contribution in [0.2, 0.25) is 0 Å². The molecule has 0 saturated heterocycles. The minimum absolute atomic E-state index is 0.193. The molecule has 1 heterocycles. The van der Waals surface area contributed by atoms with Crippen molar-refractivity contribution in [3.8, 4) is 0 Å². The van der Waals surface area contributed by atoms with Crippen LogP contribution in [0.3, 0.4) is 0 Å². The molecule has 0 aliphatic carbocycles. The zero-order chi connectivity index (χ0) is 13.9. The van der Waals surface area contributed by atoms with Gasteiger partial charge in [0.25, 0.3) is 0 Å². The Morgan fingerprint density at radius 3 is 2.95 bits per heavy atom. The number of anilines is 2. The summed E-state index contributed by atoms with van der Waals surface area (Å²) in [5, 5.41) is 6.35. The highest BCUT2D eigenvalue weighted by Gasteiger charge is 2.12. The van der Waals surface area contributed by atoms with E-state index in [0.717, 1.165) is 42.8 Å². The van der Waals surface area contributed by atoms with Crippen molar-refractivity contribution >= 4 is 11.4 Å². The van der Waals surface area contributed by atoms with Gasteiger partial charge in [-0.25, -0.2) is 8.78 Å². The summed E-state index contributed by atoms with van der Waals surface area (Å²) in [6.45, 7) is 1.43. The maximum Gasteiger partial charge on any atom is 0.146 e. The summed E-state index contributed by atoms with van der Waals surface area (Å²) in [7, 11) is 0. The molecule has 0 atom stereocenters. The van der Waals surface area contributed by atoms with Crippen LogP contribution in [0.5, 0.6) is 0 Å². The van der Waals surface area contributed by atoms with Crippen molar-refractivity contribution in [3.05, 3.63) is 59.2 Å². The maximum atomic E-state index is 13.6. The third-order valence-corrected chi connectivity index (χ3v) is 3.56. The van der Waals surface area contributed by atoms with E-state index >= 15 is 0 Å². The molecule has 2 N–H and O–H groups in total. The molecule has 0 fully saturated rings. The van der Waals surface area contributed by atoms with E-state index in [2.05, 4.69) is 16.7 Å². The number of aryl methyl sites for hydroxylation is 1. The van der Waals surface area contributed by atoms with Crippen LogP contribution >= 0.6 is 0 Å². The largest absolute Gasteiger partial charge is 0.385 e. The average Bonchev–Trinajstić information content (AvgIpc) is 2.48. The van der Waals surface area contributed by atoms with Gasteiger partial charge in [-0.1, -0.05) is 18.2 Å². The van der Waals surface area contributed by atoms with Gasteiger partial charge < -0.3 is 10.6 Å². The molecule has 1 aliphatic heterocycles. The highest BCUT2D eigenvalue weighted by molar-refractivity contribution is 5.60. The van der Waals surface area contributed by atoms with Crippen molar-refractivity contribution in [2.45, 2.75) is 19.4 Å². The van der Waals surface area contributed by atoms with Crippen molar-refractivity contribution in [2.75, 3.05) is 17.2 Å². The first kappa shape index (κ1) is 12.9. The van der Waals surface area contributed by atoms with Crippen molar-refractivity contribution < 1.29 is 8.78 Å². The van der Waals surface area contributed by atoms with Crippen LogP contribution in [0.15, 0.2) is 36.4 Å². The predicted molar refractivity (Wildman–Crippen MR) is 76.9 cm³/mol. The summed E-state index contributed by atoms with van der Waals surface area (Å²) >= 11 is 0. The second-order valence-corrected chi connectivity index (χ2v) is 4.96. The summed E-state index contributed by atoms with van der Waals surface area (Å²) < 4.78 is 26.7. The minimum Gasteiger partial charge on any atom is -0.385 e. The van der Waals surface area contributed by atoms with E-state index in [1.165, 1.54) is 11.6 Å². The monoisotopic (exact) mass is 274 g/mol. The molecule has 0 spiro atoms. The average molecular weight is 274 g/mol. The molecule has 0 amide bonds. The number of para-hydroxylation sites is 1. The topological polar surface area (TPSA) is 24.1 Å². The molecule has 2 aromatic carbocycles. The van der Waals surface area contributed by atoms with Crippen LogP contribution in [-0.2, 0) is 13.0 Å². The van der Waals surface area contributed by atoms with Crippen molar-refractivity contribution in [1.29, 1.82) is 0 Å². The molecule has 0 saturated carbocycles. The summed E-state index contributed by atoms with van der Waals surface area (Å²) in [6, 6.07) is 9.54. The summed E-state index contributed by atoms with van der Waals surface area (Å²) in [4.78, 5) is 0. The lowest BCUT2D eigenvalue weighted by atomic mass is 9.99. The molecule has 0 unspecified atom stereocenters. The number of benzene rings is 2. The second-order valence-electron chi connectivity index (χ2n) is 4.96. The zero-order valence-electron chi connectivity index (χ0n) is 11.0. The maximum absolute atomic E-state index is 13.6. The quantitative estimate of drug-likeness (QED) is 0.886. The number of fused-ring (bicyclic) bond motifs is 1. The van der Waals surface area contributed by atoms with E-state index < -0.39 is 11.6 Å². The summed E-state index contributed by atoms with van der Waals surface area (Å²) in [6.07, 6.45) is 2.19. The highest BCUT2D eigenvalue weighted by Crippen LogP contribution is 2.27. The van der Waals surface area contributed by atoms with Gasteiger partial charge in [-0.2, -0.15) is 0 Å². The first-order chi connectivity index (χ1) is 9.74. The van der Waals surface area contributed by atoms with Crippen LogP contribution < -0.4 is 10.6 Å². The SMILES string of the molecule is Fc1ccc(F)c(NCc2cccc3c2NCCC3)c1. The predicted octanol–water partition coefficient (Wildman–Crippen LogP) is 3.94. The van der Waals surface area contributed by atoms with Gasteiger partial charge >= 0.3 is 0 Å². The number of nitrogens with one attached hydrogen (secondary N) is 2. The number of hydrogen-bond donors (Lipinski definition) is 2. The van der Waals surface area contributed by atoms with Crippen molar-refractivity contribution in [3.63, 3.8) is 0 Å². The van der Waals surface area contributed by atoms with E-state index in [1.54, 1.807) is 0 Å². The minimum atomic E-state index is -0.442. The lowest BCUT2D eigenvalue weighted by Gasteiger charge is -2.21. The molecule has 0 aromatic heterocycles. The van der Waals surface area contributed by atoms with E-state index in [4.69, 9.17) is 0 Å². The van der Waals surface area contributed by atoms with Crippen LogP contribution in [0.4, 0.5) is 20.2 Å². The van der Waals surface area contributed by atoms with Gasteiger partial charge in [0.1, 0.15) is 11.6 Å². The molecule has 3 rings (SSSR count). The molecule has 2 nitrogen and oxygen atoms in total. The fourth-order valence-corrected chi connectivity index (χ4v) is 2.55. The molecule has 2 aromatic rings. The molecular formula is C16H16F2N2.